The van der Waals surface area contributed by atoms with Crippen molar-refractivity contribution in [3.8, 4) is 11.5 Å². The third-order valence-corrected chi connectivity index (χ3v) is 5.58. The Labute approximate surface area is 198 Å². The topological polar surface area (TPSA) is 93.2 Å². The Balaban J connectivity index is 1.57. The van der Waals surface area contributed by atoms with E-state index in [1.54, 1.807) is 25.1 Å². The molecule has 9 nitrogen and oxygen atoms in total. The number of aromatic nitrogens is 1. The number of halogens is 1. The van der Waals surface area contributed by atoms with Crippen LogP contribution in [0.4, 0.5) is 11.5 Å². The van der Waals surface area contributed by atoms with E-state index in [2.05, 4.69) is 20.1 Å². The molecule has 0 unspecified atom stereocenters. The van der Waals surface area contributed by atoms with E-state index >= 15 is 0 Å². The van der Waals surface area contributed by atoms with Crippen LogP contribution in [0.5, 0.6) is 11.5 Å². The SMILES string of the molecule is CCOC(=O)c1ccc(N2CCCN(CC(=O)Nc3cc(OC)c(Cl)cc3OC)CC2)nc1. The van der Waals surface area contributed by atoms with Crippen LogP contribution in [-0.2, 0) is 9.53 Å². The zero-order valence-corrected chi connectivity index (χ0v) is 19.9. The van der Waals surface area contributed by atoms with Crippen LogP contribution < -0.4 is 19.7 Å². The number of hydrogen-bond donors (Lipinski definition) is 1. The van der Waals surface area contributed by atoms with Gasteiger partial charge in [-0.05, 0) is 25.5 Å². The van der Waals surface area contributed by atoms with Crippen LogP contribution in [0.3, 0.4) is 0 Å². The third-order valence-electron chi connectivity index (χ3n) is 5.29. The molecule has 2 heterocycles. The van der Waals surface area contributed by atoms with Crippen molar-refractivity contribution < 1.29 is 23.8 Å². The molecule has 0 atom stereocenters. The van der Waals surface area contributed by atoms with Gasteiger partial charge in [0.15, 0.2) is 0 Å². The summed E-state index contributed by atoms with van der Waals surface area (Å²) in [5.74, 6) is 1.20. The number of rotatable bonds is 8. The fraction of sp³-hybridized carbons (Fsp3) is 0.435. The van der Waals surface area contributed by atoms with E-state index in [4.69, 9.17) is 25.8 Å². The zero-order valence-electron chi connectivity index (χ0n) is 19.1. The molecular formula is C23H29ClN4O5. The highest BCUT2D eigenvalue weighted by molar-refractivity contribution is 6.32. The first-order chi connectivity index (χ1) is 15.9. The predicted molar refractivity (Wildman–Crippen MR) is 127 cm³/mol. The van der Waals surface area contributed by atoms with Crippen molar-refractivity contribution in [1.82, 2.24) is 9.88 Å². The van der Waals surface area contributed by atoms with Gasteiger partial charge >= 0.3 is 5.97 Å². The van der Waals surface area contributed by atoms with Crippen LogP contribution in [0.1, 0.15) is 23.7 Å². The number of hydrogen-bond acceptors (Lipinski definition) is 8. The van der Waals surface area contributed by atoms with Gasteiger partial charge < -0.3 is 24.4 Å². The Hall–Kier alpha value is -3.04. The summed E-state index contributed by atoms with van der Waals surface area (Å²) in [4.78, 5) is 33.2. The lowest BCUT2D eigenvalue weighted by Crippen LogP contribution is -2.36. The molecule has 1 aromatic carbocycles. The molecule has 1 N–H and O–H groups in total. The van der Waals surface area contributed by atoms with E-state index in [-0.39, 0.29) is 18.4 Å². The van der Waals surface area contributed by atoms with Crippen molar-refractivity contribution in [1.29, 1.82) is 0 Å². The van der Waals surface area contributed by atoms with Gasteiger partial charge in [-0.3, -0.25) is 9.69 Å². The molecule has 1 aliphatic heterocycles. The standard InChI is InChI=1S/C23H29ClN4O5/c1-4-33-23(30)16-6-7-21(25-14-16)28-9-5-8-27(10-11-28)15-22(29)26-18-13-19(31-2)17(24)12-20(18)32-3/h6-7,12-14H,4-5,8-11,15H2,1-3H3,(H,26,29). The Morgan fingerprint density at radius 2 is 1.88 bits per heavy atom. The molecule has 178 valence electrons. The quantitative estimate of drug-likeness (QED) is 0.581. The number of ether oxygens (including phenoxy) is 3. The van der Waals surface area contributed by atoms with Gasteiger partial charge in [0.05, 0.1) is 43.6 Å². The molecule has 0 saturated carbocycles. The summed E-state index contributed by atoms with van der Waals surface area (Å²) in [5.41, 5.74) is 0.939. The van der Waals surface area contributed by atoms with Crippen LogP contribution in [-0.4, -0.2) is 75.3 Å². The van der Waals surface area contributed by atoms with Crippen LogP contribution in [0.2, 0.25) is 5.02 Å². The minimum absolute atomic E-state index is 0.150. The van der Waals surface area contributed by atoms with Gasteiger partial charge in [-0.25, -0.2) is 9.78 Å². The minimum atomic E-state index is -0.375. The van der Waals surface area contributed by atoms with E-state index in [0.29, 0.717) is 40.9 Å². The first-order valence-electron chi connectivity index (χ1n) is 10.8. The molecule has 1 aromatic heterocycles. The maximum absolute atomic E-state index is 12.7. The second-order valence-electron chi connectivity index (χ2n) is 7.48. The lowest BCUT2D eigenvalue weighted by atomic mass is 10.2. The summed E-state index contributed by atoms with van der Waals surface area (Å²) in [6.45, 7) is 5.36. The monoisotopic (exact) mass is 476 g/mol. The van der Waals surface area contributed by atoms with Crippen molar-refractivity contribution in [3.05, 3.63) is 41.0 Å². The number of methoxy groups -OCH3 is 2. The van der Waals surface area contributed by atoms with Crippen molar-refractivity contribution >= 4 is 35.0 Å². The lowest BCUT2D eigenvalue weighted by molar-refractivity contribution is -0.117. The van der Waals surface area contributed by atoms with E-state index in [0.717, 1.165) is 31.9 Å². The molecule has 1 amide bonds. The molecule has 0 radical (unpaired) electrons. The Bertz CT molecular complexity index is 970. The fourth-order valence-electron chi connectivity index (χ4n) is 3.62. The maximum atomic E-state index is 12.7. The first kappa shape index (κ1) is 24.6. The van der Waals surface area contributed by atoms with Crippen molar-refractivity contribution in [3.63, 3.8) is 0 Å². The zero-order chi connectivity index (χ0) is 23.8. The van der Waals surface area contributed by atoms with E-state index in [1.807, 2.05) is 6.07 Å². The van der Waals surface area contributed by atoms with E-state index < -0.39 is 0 Å². The van der Waals surface area contributed by atoms with Crippen LogP contribution in [0, 0.1) is 0 Å². The van der Waals surface area contributed by atoms with Gasteiger partial charge in [0.2, 0.25) is 5.91 Å². The maximum Gasteiger partial charge on any atom is 0.339 e. The smallest absolute Gasteiger partial charge is 0.339 e. The molecule has 0 aliphatic carbocycles. The van der Waals surface area contributed by atoms with Crippen LogP contribution in [0.15, 0.2) is 30.5 Å². The second kappa shape index (κ2) is 11.7. The molecule has 1 saturated heterocycles. The van der Waals surface area contributed by atoms with Crippen LogP contribution >= 0.6 is 11.6 Å². The van der Waals surface area contributed by atoms with Crippen molar-refractivity contribution in [2.75, 3.05) is 63.8 Å². The molecule has 1 aliphatic rings. The molecular weight excluding hydrogens is 448 g/mol. The average Bonchev–Trinajstić information content (AvgIpc) is 3.05. The molecule has 33 heavy (non-hydrogen) atoms. The predicted octanol–water partition coefficient (Wildman–Crippen LogP) is 3.08. The van der Waals surface area contributed by atoms with Gasteiger partial charge in [0, 0.05) is 44.5 Å². The third kappa shape index (κ3) is 6.49. The van der Waals surface area contributed by atoms with Gasteiger partial charge in [0.1, 0.15) is 17.3 Å². The fourth-order valence-corrected chi connectivity index (χ4v) is 3.85. The number of nitrogens with one attached hydrogen (secondary N) is 1. The summed E-state index contributed by atoms with van der Waals surface area (Å²) >= 11 is 6.13. The Morgan fingerprint density at radius 3 is 2.55 bits per heavy atom. The van der Waals surface area contributed by atoms with Gasteiger partial charge in [0.25, 0.3) is 0 Å². The molecule has 10 heteroatoms. The number of anilines is 2. The number of carbonyl (C=O) groups is 2. The summed E-state index contributed by atoms with van der Waals surface area (Å²) in [6, 6.07) is 6.81. The lowest BCUT2D eigenvalue weighted by Gasteiger charge is -2.22. The number of benzene rings is 1. The summed E-state index contributed by atoms with van der Waals surface area (Å²) in [5, 5.41) is 3.29. The van der Waals surface area contributed by atoms with Gasteiger partial charge in [-0.1, -0.05) is 11.6 Å². The highest BCUT2D eigenvalue weighted by Gasteiger charge is 2.20. The highest BCUT2D eigenvalue weighted by Crippen LogP contribution is 2.35. The summed E-state index contributed by atoms with van der Waals surface area (Å²) < 4.78 is 15.6. The number of amides is 1. The number of esters is 1. The Kier molecular flexibility index (Phi) is 8.73. The molecule has 2 aromatic rings. The Morgan fingerprint density at radius 1 is 1.09 bits per heavy atom. The molecule has 0 spiro atoms. The van der Waals surface area contributed by atoms with Crippen molar-refractivity contribution in [2.24, 2.45) is 0 Å². The number of carbonyl (C=O) groups excluding carboxylic acids is 2. The second-order valence-corrected chi connectivity index (χ2v) is 7.88. The molecule has 0 bridgehead atoms. The van der Waals surface area contributed by atoms with Gasteiger partial charge in [-0.2, -0.15) is 0 Å². The average molecular weight is 477 g/mol. The normalized spacial score (nSPS) is 14.4. The summed E-state index contributed by atoms with van der Waals surface area (Å²) in [7, 11) is 3.03. The van der Waals surface area contributed by atoms with Crippen molar-refractivity contribution in [2.45, 2.75) is 13.3 Å². The van der Waals surface area contributed by atoms with E-state index in [1.165, 1.54) is 20.4 Å². The van der Waals surface area contributed by atoms with Crippen LogP contribution in [0.25, 0.3) is 0 Å². The largest absolute Gasteiger partial charge is 0.495 e. The summed E-state index contributed by atoms with van der Waals surface area (Å²) in [6.07, 6.45) is 2.42. The minimum Gasteiger partial charge on any atom is -0.495 e. The number of pyridine rings is 1. The number of nitrogens with zero attached hydrogens (tertiary/aromatic N) is 3. The molecule has 1 fully saturated rings. The first-order valence-corrected chi connectivity index (χ1v) is 11.1. The van der Waals surface area contributed by atoms with Gasteiger partial charge in [-0.15, -0.1) is 0 Å². The van der Waals surface area contributed by atoms with E-state index in [9.17, 15) is 9.59 Å². The molecule has 3 rings (SSSR count). The highest BCUT2D eigenvalue weighted by atomic mass is 35.5.